The summed E-state index contributed by atoms with van der Waals surface area (Å²) >= 11 is 0. The lowest BCUT2D eigenvalue weighted by atomic mass is 10.3. The van der Waals surface area contributed by atoms with Crippen molar-refractivity contribution in [1.82, 2.24) is 10.5 Å². The van der Waals surface area contributed by atoms with Gasteiger partial charge in [0.25, 0.3) is 0 Å². The van der Waals surface area contributed by atoms with Crippen LogP contribution >= 0.6 is 0 Å². The van der Waals surface area contributed by atoms with Gasteiger partial charge in [0.2, 0.25) is 0 Å². The number of nitrogens with zero attached hydrogens (tertiary/aromatic N) is 1. The Morgan fingerprint density at radius 3 is 2.65 bits per heavy atom. The largest absolute Gasteiger partial charge is 0.497 e. The molecule has 1 N–H and O–H groups in total. The number of rotatable bonds is 8. The monoisotopic (exact) mass is 276 g/mol. The van der Waals surface area contributed by atoms with Crippen molar-refractivity contribution in [1.29, 1.82) is 0 Å². The average molecular weight is 276 g/mol. The smallest absolute Gasteiger partial charge is 0.174 e. The molecule has 0 unspecified atom stereocenters. The maximum absolute atomic E-state index is 5.62. The van der Waals surface area contributed by atoms with Gasteiger partial charge in [0.15, 0.2) is 5.76 Å². The number of nitrogens with one attached hydrogen (secondary N) is 1. The molecule has 2 aromatic rings. The van der Waals surface area contributed by atoms with Gasteiger partial charge in [-0.2, -0.15) is 0 Å². The lowest BCUT2D eigenvalue weighted by Gasteiger charge is -2.04. The molecule has 5 heteroatoms. The van der Waals surface area contributed by atoms with E-state index in [2.05, 4.69) is 17.4 Å². The molecule has 0 saturated carbocycles. The van der Waals surface area contributed by atoms with Crippen LogP contribution in [0.2, 0.25) is 0 Å². The Bertz CT molecular complexity index is 508. The van der Waals surface area contributed by atoms with Gasteiger partial charge in [-0.05, 0) is 37.2 Å². The molecule has 0 aliphatic rings. The minimum Gasteiger partial charge on any atom is -0.497 e. The normalized spacial score (nSPS) is 10.5. The number of benzene rings is 1. The van der Waals surface area contributed by atoms with Crippen LogP contribution in [-0.2, 0) is 13.2 Å². The van der Waals surface area contributed by atoms with Gasteiger partial charge in [0.05, 0.1) is 12.8 Å². The fourth-order valence-corrected chi connectivity index (χ4v) is 1.73. The summed E-state index contributed by atoms with van der Waals surface area (Å²) in [6.45, 7) is 4.20. The molecular weight excluding hydrogens is 256 g/mol. The van der Waals surface area contributed by atoms with Gasteiger partial charge in [0.1, 0.15) is 18.1 Å². The highest BCUT2D eigenvalue weighted by molar-refractivity contribution is 5.31. The van der Waals surface area contributed by atoms with E-state index in [1.165, 1.54) is 0 Å². The van der Waals surface area contributed by atoms with Gasteiger partial charge in [-0.15, -0.1) is 0 Å². The van der Waals surface area contributed by atoms with E-state index in [1.54, 1.807) is 7.11 Å². The first-order valence-corrected chi connectivity index (χ1v) is 6.74. The second kappa shape index (κ2) is 7.55. The second-order valence-electron chi connectivity index (χ2n) is 4.43. The minimum absolute atomic E-state index is 0.368. The zero-order chi connectivity index (χ0) is 14.2. The number of hydrogen-bond donors (Lipinski definition) is 1. The van der Waals surface area contributed by atoms with E-state index >= 15 is 0 Å². The number of hydrogen-bond acceptors (Lipinski definition) is 5. The molecule has 20 heavy (non-hydrogen) atoms. The Labute approximate surface area is 118 Å². The molecule has 0 spiro atoms. The van der Waals surface area contributed by atoms with Gasteiger partial charge in [-0.1, -0.05) is 12.1 Å². The summed E-state index contributed by atoms with van der Waals surface area (Å²) in [6, 6.07) is 9.34. The molecule has 0 aliphatic carbocycles. The Balaban J connectivity index is 1.81. The predicted molar refractivity (Wildman–Crippen MR) is 75.8 cm³/mol. The number of ether oxygens (including phenoxy) is 2. The third-order valence-electron chi connectivity index (χ3n) is 2.78. The van der Waals surface area contributed by atoms with Gasteiger partial charge in [0, 0.05) is 12.6 Å². The van der Waals surface area contributed by atoms with Crippen LogP contribution in [0.25, 0.3) is 0 Å². The average Bonchev–Trinajstić information content (AvgIpc) is 2.94. The summed E-state index contributed by atoms with van der Waals surface area (Å²) in [4.78, 5) is 0. The molecule has 1 aromatic heterocycles. The molecule has 0 aliphatic heterocycles. The zero-order valence-electron chi connectivity index (χ0n) is 11.9. The van der Waals surface area contributed by atoms with Crippen LogP contribution in [0.4, 0.5) is 0 Å². The molecule has 0 saturated heterocycles. The van der Waals surface area contributed by atoms with Crippen LogP contribution < -0.4 is 14.8 Å². The summed E-state index contributed by atoms with van der Waals surface area (Å²) in [6.07, 6.45) is 1.10. The summed E-state index contributed by atoms with van der Waals surface area (Å²) in [5, 5.41) is 7.26. The van der Waals surface area contributed by atoms with Crippen molar-refractivity contribution in [3.05, 3.63) is 41.8 Å². The number of methoxy groups -OCH3 is 1. The van der Waals surface area contributed by atoms with Crippen molar-refractivity contribution in [2.75, 3.05) is 13.7 Å². The molecule has 2 rings (SSSR count). The highest BCUT2D eigenvalue weighted by Crippen LogP contribution is 2.18. The second-order valence-corrected chi connectivity index (χ2v) is 4.43. The Morgan fingerprint density at radius 2 is 1.95 bits per heavy atom. The number of aromatic nitrogens is 1. The minimum atomic E-state index is 0.368. The molecule has 108 valence electrons. The van der Waals surface area contributed by atoms with Crippen LogP contribution in [0.5, 0.6) is 11.5 Å². The Kier molecular flexibility index (Phi) is 5.43. The van der Waals surface area contributed by atoms with E-state index in [4.69, 9.17) is 14.0 Å². The summed E-state index contributed by atoms with van der Waals surface area (Å²) in [5.74, 6) is 2.29. The maximum Gasteiger partial charge on any atom is 0.174 e. The highest BCUT2D eigenvalue weighted by Gasteiger charge is 2.05. The SMILES string of the molecule is CCCNCc1cc(COc2ccc(OC)cc2)on1. The van der Waals surface area contributed by atoms with E-state index in [0.29, 0.717) is 12.4 Å². The van der Waals surface area contributed by atoms with Gasteiger partial charge >= 0.3 is 0 Å². The van der Waals surface area contributed by atoms with Crippen molar-refractivity contribution < 1.29 is 14.0 Å². The first kappa shape index (κ1) is 14.4. The van der Waals surface area contributed by atoms with Crippen molar-refractivity contribution in [3.63, 3.8) is 0 Å². The molecule has 0 radical (unpaired) electrons. The van der Waals surface area contributed by atoms with Crippen LogP contribution in [0, 0.1) is 0 Å². The molecule has 0 bridgehead atoms. The van der Waals surface area contributed by atoms with Crippen LogP contribution in [0.15, 0.2) is 34.9 Å². The van der Waals surface area contributed by atoms with Crippen LogP contribution in [0.3, 0.4) is 0 Å². The third-order valence-corrected chi connectivity index (χ3v) is 2.78. The van der Waals surface area contributed by atoms with Crippen LogP contribution in [-0.4, -0.2) is 18.8 Å². The van der Waals surface area contributed by atoms with Crippen molar-refractivity contribution >= 4 is 0 Å². The molecule has 1 aromatic carbocycles. The van der Waals surface area contributed by atoms with Gasteiger partial charge in [-0.3, -0.25) is 0 Å². The van der Waals surface area contributed by atoms with Gasteiger partial charge < -0.3 is 19.3 Å². The Morgan fingerprint density at radius 1 is 1.20 bits per heavy atom. The van der Waals surface area contributed by atoms with E-state index in [1.807, 2.05) is 30.3 Å². The van der Waals surface area contributed by atoms with E-state index in [9.17, 15) is 0 Å². The summed E-state index contributed by atoms with van der Waals surface area (Å²) < 4.78 is 15.9. The quantitative estimate of drug-likeness (QED) is 0.751. The van der Waals surface area contributed by atoms with Crippen molar-refractivity contribution in [2.24, 2.45) is 0 Å². The standard InChI is InChI=1S/C15H20N2O3/c1-3-8-16-10-12-9-15(20-17-12)11-19-14-6-4-13(18-2)5-7-14/h4-7,9,16H,3,8,10-11H2,1-2H3. The summed E-state index contributed by atoms with van der Waals surface area (Å²) in [7, 11) is 1.64. The van der Waals surface area contributed by atoms with E-state index in [0.717, 1.165) is 36.7 Å². The first-order valence-electron chi connectivity index (χ1n) is 6.74. The molecule has 5 nitrogen and oxygen atoms in total. The molecular formula is C15H20N2O3. The predicted octanol–water partition coefficient (Wildman–Crippen LogP) is 2.76. The molecule has 0 fully saturated rings. The summed E-state index contributed by atoms with van der Waals surface area (Å²) in [5.41, 5.74) is 0.895. The fourth-order valence-electron chi connectivity index (χ4n) is 1.73. The van der Waals surface area contributed by atoms with Crippen LogP contribution in [0.1, 0.15) is 24.8 Å². The van der Waals surface area contributed by atoms with Crippen molar-refractivity contribution in [3.8, 4) is 11.5 Å². The lowest BCUT2D eigenvalue weighted by molar-refractivity contribution is 0.248. The maximum atomic E-state index is 5.62. The Hall–Kier alpha value is -2.01. The van der Waals surface area contributed by atoms with E-state index < -0.39 is 0 Å². The van der Waals surface area contributed by atoms with Crippen molar-refractivity contribution in [2.45, 2.75) is 26.5 Å². The zero-order valence-corrected chi connectivity index (χ0v) is 11.9. The molecule has 1 heterocycles. The topological polar surface area (TPSA) is 56.5 Å². The van der Waals surface area contributed by atoms with Gasteiger partial charge in [-0.25, -0.2) is 0 Å². The lowest BCUT2D eigenvalue weighted by Crippen LogP contribution is -2.13. The highest BCUT2D eigenvalue weighted by atomic mass is 16.5. The van der Waals surface area contributed by atoms with E-state index in [-0.39, 0.29) is 0 Å². The molecule has 0 amide bonds. The fraction of sp³-hybridized carbons (Fsp3) is 0.400. The first-order chi connectivity index (χ1) is 9.81. The molecule has 0 atom stereocenters. The third kappa shape index (κ3) is 4.28.